The van der Waals surface area contributed by atoms with Crippen LogP contribution in [0.1, 0.15) is 19.8 Å². The average molecular weight is 155 g/mol. The number of piperidine rings is 3. The van der Waals surface area contributed by atoms with Crippen molar-refractivity contribution in [3.05, 3.63) is 0 Å². The number of ether oxygens (including phenoxy) is 1. The Labute approximate surface area is 68.5 Å². The monoisotopic (exact) mass is 155 g/mol. The molecular weight excluding hydrogens is 138 g/mol. The van der Waals surface area contributed by atoms with Crippen molar-refractivity contribution >= 4 is 0 Å². The summed E-state index contributed by atoms with van der Waals surface area (Å²) in [4.78, 5) is 2.53. The van der Waals surface area contributed by atoms with Gasteiger partial charge in [0.15, 0.2) is 0 Å². The molecule has 3 fully saturated rings. The first-order valence-electron chi connectivity index (χ1n) is 4.74. The minimum atomic E-state index is 0.558. The van der Waals surface area contributed by atoms with E-state index in [1.54, 1.807) is 0 Å². The Hall–Kier alpha value is -0.0800. The topological polar surface area (TPSA) is 12.5 Å². The summed E-state index contributed by atoms with van der Waals surface area (Å²) in [6.45, 7) is 6.80. The number of hydrogen-bond donors (Lipinski definition) is 0. The van der Waals surface area contributed by atoms with Crippen LogP contribution in [0, 0.1) is 5.92 Å². The maximum atomic E-state index is 5.68. The molecule has 1 atom stereocenters. The van der Waals surface area contributed by atoms with E-state index in [1.807, 2.05) is 0 Å². The van der Waals surface area contributed by atoms with Crippen LogP contribution in [0.4, 0.5) is 0 Å². The van der Waals surface area contributed by atoms with Gasteiger partial charge in [0.05, 0.1) is 6.10 Å². The number of fused-ring (bicyclic) bond motifs is 3. The van der Waals surface area contributed by atoms with Crippen LogP contribution in [0.2, 0.25) is 0 Å². The first kappa shape index (κ1) is 7.56. The van der Waals surface area contributed by atoms with Gasteiger partial charge in [-0.05, 0) is 38.8 Å². The molecule has 3 rings (SSSR count). The van der Waals surface area contributed by atoms with Crippen molar-refractivity contribution in [2.24, 2.45) is 5.92 Å². The van der Waals surface area contributed by atoms with Gasteiger partial charge in [0.2, 0.25) is 0 Å². The normalized spacial score (nSPS) is 42.8. The van der Waals surface area contributed by atoms with Gasteiger partial charge in [-0.15, -0.1) is 0 Å². The molecule has 2 heteroatoms. The van der Waals surface area contributed by atoms with E-state index in [2.05, 4.69) is 11.8 Å². The molecule has 3 aliphatic rings. The summed E-state index contributed by atoms with van der Waals surface area (Å²) in [5, 5.41) is 0. The van der Waals surface area contributed by atoms with Crippen LogP contribution >= 0.6 is 0 Å². The molecule has 0 saturated carbocycles. The molecule has 0 amide bonds. The fraction of sp³-hybridized carbons (Fsp3) is 1.00. The predicted molar refractivity (Wildman–Crippen MR) is 44.6 cm³/mol. The molecule has 0 N–H and O–H groups in total. The van der Waals surface area contributed by atoms with Gasteiger partial charge < -0.3 is 9.64 Å². The Morgan fingerprint density at radius 2 is 2.09 bits per heavy atom. The molecule has 0 aliphatic carbocycles. The summed E-state index contributed by atoms with van der Waals surface area (Å²) in [6.07, 6.45) is 3.29. The van der Waals surface area contributed by atoms with Crippen LogP contribution in [-0.4, -0.2) is 37.2 Å². The Morgan fingerprint density at radius 1 is 1.36 bits per heavy atom. The highest BCUT2D eigenvalue weighted by atomic mass is 16.5. The lowest BCUT2D eigenvalue weighted by Crippen LogP contribution is -2.51. The van der Waals surface area contributed by atoms with E-state index in [1.165, 1.54) is 32.5 Å². The van der Waals surface area contributed by atoms with Crippen molar-refractivity contribution in [2.45, 2.75) is 25.9 Å². The molecule has 3 aliphatic heterocycles. The Kier molecular flexibility index (Phi) is 2.14. The van der Waals surface area contributed by atoms with Crippen LogP contribution in [0.25, 0.3) is 0 Å². The number of hydrogen-bond acceptors (Lipinski definition) is 2. The van der Waals surface area contributed by atoms with Gasteiger partial charge in [0.25, 0.3) is 0 Å². The molecule has 0 aromatic heterocycles. The lowest BCUT2D eigenvalue weighted by molar-refractivity contribution is -0.0652. The van der Waals surface area contributed by atoms with Crippen molar-refractivity contribution in [2.75, 3.05) is 26.2 Å². The molecule has 11 heavy (non-hydrogen) atoms. The molecule has 0 aromatic rings. The van der Waals surface area contributed by atoms with Gasteiger partial charge in [-0.2, -0.15) is 0 Å². The van der Waals surface area contributed by atoms with Gasteiger partial charge in [0.1, 0.15) is 0 Å². The quantitative estimate of drug-likeness (QED) is 0.592. The molecule has 1 unspecified atom stereocenters. The van der Waals surface area contributed by atoms with Gasteiger partial charge >= 0.3 is 0 Å². The van der Waals surface area contributed by atoms with E-state index in [0.717, 1.165) is 12.5 Å². The molecule has 3 heterocycles. The van der Waals surface area contributed by atoms with E-state index in [-0.39, 0.29) is 0 Å². The third-order valence-electron chi connectivity index (χ3n) is 2.98. The zero-order valence-electron chi connectivity index (χ0n) is 7.25. The molecule has 3 saturated heterocycles. The minimum absolute atomic E-state index is 0.558. The van der Waals surface area contributed by atoms with Crippen LogP contribution in [0.3, 0.4) is 0 Å². The Morgan fingerprint density at radius 3 is 2.55 bits per heavy atom. The fourth-order valence-corrected chi connectivity index (χ4v) is 2.31. The molecule has 0 spiro atoms. The second-order valence-electron chi connectivity index (χ2n) is 3.63. The standard InChI is InChI=1S/C9H17NO/c1-2-11-9-7-10-5-3-8(9)4-6-10/h8-9H,2-7H2,1H3. The van der Waals surface area contributed by atoms with Crippen molar-refractivity contribution in [1.82, 2.24) is 4.90 Å². The molecule has 64 valence electrons. The van der Waals surface area contributed by atoms with E-state index in [4.69, 9.17) is 4.74 Å². The highest BCUT2D eigenvalue weighted by molar-refractivity contribution is 4.87. The summed E-state index contributed by atoms with van der Waals surface area (Å²) >= 11 is 0. The maximum Gasteiger partial charge on any atom is 0.0730 e. The van der Waals surface area contributed by atoms with Crippen LogP contribution in [0.15, 0.2) is 0 Å². The van der Waals surface area contributed by atoms with Crippen LogP contribution in [0.5, 0.6) is 0 Å². The molecule has 2 bridgehead atoms. The van der Waals surface area contributed by atoms with Gasteiger partial charge in [-0.1, -0.05) is 0 Å². The second kappa shape index (κ2) is 3.11. The Bertz CT molecular complexity index is 130. The van der Waals surface area contributed by atoms with E-state index >= 15 is 0 Å². The van der Waals surface area contributed by atoms with Gasteiger partial charge in [-0.25, -0.2) is 0 Å². The third-order valence-corrected chi connectivity index (χ3v) is 2.98. The molecular formula is C9H17NO. The fourth-order valence-electron chi connectivity index (χ4n) is 2.31. The lowest BCUT2D eigenvalue weighted by Gasteiger charge is -2.44. The lowest BCUT2D eigenvalue weighted by atomic mass is 9.86. The van der Waals surface area contributed by atoms with Crippen molar-refractivity contribution in [3.8, 4) is 0 Å². The predicted octanol–water partition coefficient (Wildman–Crippen LogP) is 1.12. The summed E-state index contributed by atoms with van der Waals surface area (Å²) in [5.41, 5.74) is 0. The number of rotatable bonds is 2. The van der Waals surface area contributed by atoms with Crippen molar-refractivity contribution in [3.63, 3.8) is 0 Å². The summed E-state index contributed by atoms with van der Waals surface area (Å²) in [7, 11) is 0. The highest BCUT2D eigenvalue weighted by Gasteiger charge is 2.34. The largest absolute Gasteiger partial charge is 0.377 e. The van der Waals surface area contributed by atoms with Gasteiger partial charge in [-0.3, -0.25) is 0 Å². The van der Waals surface area contributed by atoms with E-state index in [0.29, 0.717) is 6.10 Å². The molecule has 0 radical (unpaired) electrons. The molecule has 0 aromatic carbocycles. The Balaban J connectivity index is 1.92. The smallest absolute Gasteiger partial charge is 0.0730 e. The van der Waals surface area contributed by atoms with Crippen molar-refractivity contribution in [1.29, 1.82) is 0 Å². The first-order valence-corrected chi connectivity index (χ1v) is 4.74. The van der Waals surface area contributed by atoms with Crippen molar-refractivity contribution < 1.29 is 4.74 Å². The summed E-state index contributed by atoms with van der Waals surface area (Å²) in [6, 6.07) is 0. The first-order chi connectivity index (χ1) is 5.40. The zero-order valence-corrected chi connectivity index (χ0v) is 7.25. The second-order valence-corrected chi connectivity index (χ2v) is 3.63. The van der Waals surface area contributed by atoms with Crippen LogP contribution < -0.4 is 0 Å². The third kappa shape index (κ3) is 1.42. The zero-order chi connectivity index (χ0) is 7.68. The summed E-state index contributed by atoms with van der Waals surface area (Å²) < 4.78 is 5.68. The average Bonchev–Trinajstić information content (AvgIpc) is 2.07. The minimum Gasteiger partial charge on any atom is -0.377 e. The van der Waals surface area contributed by atoms with Gasteiger partial charge in [0, 0.05) is 13.2 Å². The number of nitrogens with zero attached hydrogens (tertiary/aromatic N) is 1. The summed E-state index contributed by atoms with van der Waals surface area (Å²) in [5.74, 6) is 0.875. The highest BCUT2D eigenvalue weighted by Crippen LogP contribution is 2.29. The molecule has 2 nitrogen and oxygen atoms in total. The SMILES string of the molecule is CCOC1CN2CCC1CC2. The van der Waals surface area contributed by atoms with E-state index in [9.17, 15) is 0 Å². The maximum absolute atomic E-state index is 5.68. The van der Waals surface area contributed by atoms with E-state index < -0.39 is 0 Å². The van der Waals surface area contributed by atoms with Crippen LogP contribution in [-0.2, 0) is 4.74 Å².